The van der Waals surface area contributed by atoms with E-state index in [4.69, 9.17) is 0 Å². The minimum absolute atomic E-state index is 0.0497. The van der Waals surface area contributed by atoms with Gasteiger partial charge in [0, 0.05) is 25.7 Å². The van der Waals surface area contributed by atoms with Gasteiger partial charge < -0.3 is 10.2 Å². The molecule has 0 aliphatic carbocycles. The summed E-state index contributed by atoms with van der Waals surface area (Å²) in [6.45, 7) is 2.20. The number of nitrogens with one attached hydrogen (secondary N) is 2. The van der Waals surface area contributed by atoms with Crippen LogP contribution in [0.15, 0.2) is 58.8 Å². The Morgan fingerprint density at radius 2 is 1.91 bits per heavy atom. The number of nitrogens with zero attached hydrogens (tertiary/aromatic N) is 1. The van der Waals surface area contributed by atoms with Gasteiger partial charge in [0.05, 0.1) is 15.5 Å². The van der Waals surface area contributed by atoms with Crippen molar-refractivity contribution in [2.24, 2.45) is 0 Å². The van der Waals surface area contributed by atoms with Gasteiger partial charge in [0.1, 0.15) is 5.82 Å². The van der Waals surface area contributed by atoms with E-state index in [0.717, 1.165) is 17.2 Å². The van der Waals surface area contributed by atoms with Crippen molar-refractivity contribution in [3.05, 3.63) is 75.7 Å². The van der Waals surface area contributed by atoms with Crippen LogP contribution in [-0.2, 0) is 27.8 Å². The fourth-order valence-electron chi connectivity index (χ4n) is 3.52. The highest BCUT2D eigenvalue weighted by Crippen LogP contribution is 2.27. The number of hydrogen-bond acceptors (Lipinski definition) is 5. The number of thiophene rings is 1. The molecule has 2 aromatic carbocycles. The molecule has 2 amide bonds. The van der Waals surface area contributed by atoms with Crippen molar-refractivity contribution in [2.75, 3.05) is 16.6 Å². The van der Waals surface area contributed by atoms with Gasteiger partial charge in [0.15, 0.2) is 0 Å². The molecular formula is C22H20FN3O4S2. The summed E-state index contributed by atoms with van der Waals surface area (Å²) in [5, 5.41) is 4.15. The average molecular weight is 474 g/mol. The summed E-state index contributed by atoms with van der Waals surface area (Å²) in [7, 11) is -4.05. The molecule has 2 heterocycles. The van der Waals surface area contributed by atoms with Gasteiger partial charge in [-0.1, -0.05) is 12.1 Å². The zero-order valence-corrected chi connectivity index (χ0v) is 18.7. The molecule has 3 aromatic rings. The Bertz CT molecular complexity index is 1290. The second-order valence-electron chi connectivity index (χ2n) is 7.37. The van der Waals surface area contributed by atoms with E-state index in [1.165, 1.54) is 30.4 Å². The van der Waals surface area contributed by atoms with Crippen LogP contribution in [0.4, 0.5) is 15.8 Å². The maximum Gasteiger partial charge on any atom is 0.264 e. The molecule has 0 bridgehead atoms. The highest BCUT2D eigenvalue weighted by atomic mass is 32.2. The van der Waals surface area contributed by atoms with Crippen molar-refractivity contribution in [1.82, 2.24) is 4.90 Å². The van der Waals surface area contributed by atoms with Crippen molar-refractivity contribution >= 4 is 44.5 Å². The fourth-order valence-corrected chi connectivity index (χ4v) is 5.27. The van der Waals surface area contributed by atoms with Crippen LogP contribution in [0.1, 0.15) is 27.7 Å². The second-order valence-corrected chi connectivity index (χ2v) is 10.00. The van der Waals surface area contributed by atoms with Gasteiger partial charge in [-0.05, 0) is 59.3 Å². The van der Waals surface area contributed by atoms with E-state index in [0.29, 0.717) is 30.1 Å². The minimum atomic E-state index is -4.05. The summed E-state index contributed by atoms with van der Waals surface area (Å²) < 4.78 is 42.2. The maximum atomic E-state index is 14.2. The van der Waals surface area contributed by atoms with Crippen molar-refractivity contribution in [3.8, 4) is 0 Å². The summed E-state index contributed by atoms with van der Waals surface area (Å²) in [6, 6.07) is 12.1. The van der Waals surface area contributed by atoms with Crippen molar-refractivity contribution in [1.29, 1.82) is 0 Å². The first-order valence-corrected chi connectivity index (χ1v) is 12.1. The quantitative estimate of drug-likeness (QED) is 0.589. The molecule has 0 fully saturated rings. The number of fused-ring (bicyclic) bond motifs is 1. The van der Waals surface area contributed by atoms with Crippen molar-refractivity contribution in [2.45, 2.75) is 24.8 Å². The molecule has 2 N–H and O–H groups in total. The third-order valence-electron chi connectivity index (χ3n) is 5.05. The molecule has 0 radical (unpaired) electrons. The van der Waals surface area contributed by atoms with Gasteiger partial charge in [0.25, 0.3) is 15.9 Å². The number of anilines is 2. The Kier molecular flexibility index (Phi) is 5.98. The number of carbonyl (C=O) groups excluding carboxylic acids is 2. The molecule has 0 unspecified atom stereocenters. The molecule has 32 heavy (non-hydrogen) atoms. The molecule has 7 nitrogen and oxygen atoms in total. The number of carbonyl (C=O) groups is 2. The lowest BCUT2D eigenvalue weighted by Crippen LogP contribution is -2.35. The van der Waals surface area contributed by atoms with Crippen LogP contribution in [0.3, 0.4) is 0 Å². The smallest absolute Gasteiger partial charge is 0.264 e. The fraction of sp³-hybridized carbons (Fsp3) is 0.182. The molecule has 166 valence electrons. The van der Waals surface area contributed by atoms with Crippen LogP contribution in [0.5, 0.6) is 0 Å². The second kappa shape index (κ2) is 8.71. The number of amides is 2. The van der Waals surface area contributed by atoms with E-state index >= 15 is 0 Å². The van der Waals surface area contributed by atoms with Crippen LogP contribution in [0.25, 0.3) is 0 Å². The lowest BCUT2D eigenvalue weighted by Gasteiger charge is -2.29. The Morgan fingerprint density at radius 3 is 2.59 bits per heavy atom. The number of sulfonamides is 1. The molecule has 0 atom stereocenters. The van der Waals surface area contributed by atoms with Crippen molar-refractivity contribution < 1.29 is 22.4 Å². The molecule has 10 heteroatoms. The maximum absolute atomic E-state index is 14.2. The topological polar surface area (TPSA) is 95.6 Å². The number of halogens is 1. The number of benzene rings is 2. The third kappa shape index (κ3) is 4.66. The van der Waals surface area contributed by atoms with Gasteiger partial charge in [-0.2, -0.15) is 0 Å². The van der Waals surface area contributed by atoms with E-state index in [-0.39, 0.29) is 16.5 Å². The standard InChI is InChI=1S/C22H20FN3O4S2/c1-14(27)24-20-7-6-18(12-19(20)23)32(29,30)25-17-5-4-15-8-9-26(13-16(15)11-17)22(28)21-3-2-10-31-21/h2-7,10-12,25H,8-9,13H2,1H3,(H,24,27). The molecule has 1 aliphatic rings. The minimum Gasteiger partial charge on any atom is -0.333 e. The molecule has 0 saturated carbocycles. The predicted molar refractivity (Wildman–Crippen MR) is 121 cm³/mol. The van der Waals surface area contributed by atoms with E-state index in [9.17, 15) is 22.4 Å². The molecule has 0 saturated heterocycles. The van der Waals surface area contributed by atoms with Gasteiger partial charge in [-0.15, -0.1) is 11.3 Å². The first kappa shape index (κ1) is 22.0. The summed E-state index contributed by atoms with van der Waals surface area (Å²) in [4.78, 5) is 25.9. The Hall–Kier alpha value is -3.24. The van der Waals surface area contributed by atoms with Crippen LogP contribution in [0, 0.1) is 5.82 Å². The van der Waals surface area contributed by atoms with Crippen LogP contribution >= 0.6 is 11.3 Å². The Labute approximate surface area is 188 Å². The zero-order valence-electron chi connectivity index (χ0n) is 17.1. The first-order chi connectivity index (χ1) is 15.2. The third-order valence-corrected chi connectivity index (χ3v) is 7.29. The molecule has 4 rings (SSSR count). The predicted octanol–water partition coefficient (Wildman–Crippen LogP) is 3.84. The van der Waals surface area contributed by atoms with E-state index in [1.807, 2.05) is 17.5 Å². The van der Waals surface area contributed by atoms with Crippen molar-refractivity contribution in [3.63, 3.8) is 0 Å². The SMILES string of the molecule is CC(=O)Nc1ccc(S(=O)(=O)Nc2ccc3c(c2)CN(C(=O)c2cccs2)CC3)cc1F. The van der Waals surface area contributed by atoms with Gasteiger partial charge in [0.2, 0.25) is 5.91 Å². The number of rotatable bonds is 5. The van der Waals surface area contributed by atoms with Crippen LogP contribution < -0.4 is 10.0 Å². The Balaban J connectivity index is 1.53. The summed E-state index contributed by atoms with van der Waals surface area (Å²) in [5.41, 5.74) is 2.13. The monoisotopic (exact) mass is 473 g/mol. The Morgan fingerprint density at radius 1 is 1.09 bits per heavy atom. The van der Waals surface area contributed by atoms with Crippen LogP contribution in [-0.4, -0.2) is 31.7 Å². The first-order valence-electron chi connectivity index (χ1n) is 9.77. The van der Waals surface area contributed by atoms with Gasteiger partial charge in [-0.25, -0.2) is 12.8 Å². The van der Waals surface area contributed by atoms with Gasteiger partial charge >= 0.3 is 0 Å². The van der Waals surface area contributed by atoms with E-state index in [2.05, 4.69) is 10.0 Å². The highest BCUT2D eigenvalue weighted by molar-refractivity contribution is 7.92. The highest BCUT2D eigenvalue weighted by Gasteiger charge is 2.23. The van der Waals surface area contributed by atoms with E-state index in [1.54, 1.807) is 23.1 Å². The number of hydrogen-bond donors (Lipinski definition) is 2. The normalized spacial score (nSPS) is 13.4. The summed E-state index contributed by atoms with van der Waals surface area (Å²) in [6.07, 6.45) is 0.676. The average Bonchev–Trinajstić information content (AvgIpc) is 3.28. The lowest BCUT2D eigenvalue weighted by atomic mass is 9.99. The van der Waals surface area contributed by atoms with Gasteiger partial charge in [-0.3, -0.25) is 14.3 Å². The molecule has 0 spiro atoms. The summed E-state index contributed by atoms with van der Waals surface area (Å²) in [5.74, 6) is -1.36. The molecule has 1 aromatic heterocycles. The lowest BCUT2D eigenvalue weighted by molar-refractivity contribution is -0.114. The summed E-state index contributed by atoms with van der Waals surface area (Å²) >= 11 is 1.38. The largest absolute Gasteiger partial charge is 0.333 e. The molecular weight excluding hydrogens is 453 g/mol. The van der Waals surface area contributed by atoms with Crippen LogP contribution in [0.2, 0.25) is 0 Å². The van der Waals surface area contributed by atoms with E-state index < -0.39 is 21.7 Å². The zero-order chi connectivity index (χ0) is 22.9. The molecule has 1 aliphatic heterocycles.